The molecule has 0 saturated carbocycles. The Morgan fingerprint density at radius 1 is 0.605 bits per heavy atom. The second-order valence-corrected chi connectivity index (χ2v) is 13.2. The van der Waals surface area contributed by atoms with Crippen LogP contribution in [-0.4, -0.2) is 4.57 Å². The molecule has 2 heterocycles. The zero-order chi connectivity index (χ0) is 30.2. The molecule has 2 aromatic heterocycles. The number of para-hydroxylation sites is 2. The molecule has 0 amide bonds. The van der Waals surface area contributed by atoms with Crippen molar-refractivity contribution in [3.63, 3.8) is 0 Å². The van der Waals surface area contributed by atoms with Crippen molar-refractivity contribution in [3.05, 3.63) is 142 Å². The van der Waals surface area contributed by atoms with Crippen molar-refractivity contribution >= 4 is 114 Å². The summed E-state index contributed by atoms with van der Waals surface area (Å²) in [5, 5.41) is 5.80. The highest BCUT2D eigenvalue weighted by Gasteiger charge is 2.30. The van der Waals surface area contributed by atoms with Crippen molar-refractivity contribution in [3.8, 4) is 5.69 Å². The van der Waals surface area contributed by atoms with Crippen LogP contribution in [0.4, 0.5) is 0 Å². The van der Waals surface area contributed by atoms with Gasteiger partial charge in [0.2, 0.25) is 5.71 Å². The molecule has 9 heteroatoms. The second-order valence-electron chi connectivity index (χ2n) is 10.3. The van der Waals surface area contributed by atoms with E-state index in [9.17, 15) is 0 Å². The molecule has 1 atom stereocenters. The van der Waals surface area contributed by atoms with Gasteiger partial charge in [0.15, 0.2) is 0 Å². The maximum atomic E-state index is 7.15. The lowest BCUT2D eigenvalue weighted by Crippen LogP contribution is -2.08. The number of hydrogen-bond acceptors (Lipinski definition) is 1. The minimum atomic E-state index is -0.616. The first-order chi connectivity index (χ1) is 20.6. The van der Waals surface area contributed by atoms with Gasteiger partial charge >= 0.3 is 0 Å². The number of nitrogens with zero attached hydrogens (tertiary/aromatic N) is 1. The van der Waals surface area contributed by atoms with E-state index in [4.69, 9.17) is 85.6 Å². The maximum Gasteiger partial charge on any atom is 0.213 e. The minimum absolute atomic E-state index is 0.354. The highest BCUT2D eigenvalue weighted by Crippen LogP contribution is 2.49. The van der Waals surface area contributed by atoms with Gasteiger partial charge in [-0.25, -0.2) is 0 Å². The number of rotatable bonds is 4. The smallest absolute Gasteiger partial charge is 0.213 e. The summed E-state index contributed by atoms with van der Waals surface area (Å²) in [7, 11) is 0. The van der Waals surface area contributed by atoms with Gasteiger partial charge in [0.1, 0.15) is 5.58 Å². The number of hydrogen-bond donors (Lipinski definition) is 0. The summed E-state index contributed by atoms with van der Waals surface area (Å²) in [5.74, 6) is -0.616. The van der Waals surface area contributed by atoms with Crippen LogP contribution in [0.3, 0.4) is 0 Å². The normalized spacial score (nSPS) is 12.6. The van der Waals surface area contributed by atoms with Crippen LogP contribution >= 0.6 is 81.2 Å². The Bertz CT molecular complexity index is 2120. The summed E-state index contributed by atoms with van der Waals surface area (Å²) in [5.41, 5.74) is 5.68. The maximum absolute atomic E-state index is 7.15. The third-order valence-corrected chi connectivity index (χ3v) is 9.68. The first-order valence-corrected chi connectivity index (χ1v) is 15.8. The molecule has 5 aromatic carbocycles. The predicted octanol–water partition coefficient (Wildman–Crippen LogP) is 13.6. The van der Waals surface area contributed by atoms with Gasteiger partial charge in [-0.15, -0.1) is 0 Å². The van der Waals surface area contributed by atoms with Gasteiger partial charge in [0.25, 0.3) is 0 Å². The first kappa shape index (κ1) is 29.2. The number of benzene rings is 5. The van der Waals surface area contributed by atoms with Crippen LogP contribution in [0.2, 0.25) is 35.2 Å². The van der Waals surface area contributed by atoms with Gasteiger partial charge in [-0.1, -0.05) is 118 Å². The average Bonchev–Trinajstić information content (AvgIpc) is 3.46. The molecule has 43 heavy (non-hydrogen) atoms. The van der Waals surface area contributed by atoms with Crippen LogP contribution in [-0.2, 0) is 0 Å². The van der Waals surface area contributed by atoms with Gasteiger partial charge in [0.05, 0.1) is 26.6 Å². The fourth-order valence-corrected chi connectivity index (χ4v) is 8.44. The molecular weight excluding hydrogens is 687 g/mol. The molecule has 7 rings (SSSR count). The van der Waals surface area contributed by atoms with Crippen molar-refractivity contribution in [2.24, 2.45) is 0 Å². The van der Waals surface area contributed by atoms with Crippen LogP contribution in [0.5, 0.6) is 0 Å². The van der Waals surface area contributed by atoms with Crippen molar-refractivity contribution < 1.29 is 4.42 Å². The van der Waals surface area contributed by atoms with Crippen LogP contribution in [0.25, 0.3) is 38.7 Å². The fraction of sp³-hybridized carbons (Fsp3) is 0.0588. The van der Waals surface area contributed by atoms with E-state index in [-0.39, 0.29) is 0 Å². The monoisotopic (exact) mass is 701 g/mol. The number of aryl methyl sites for hydroxylation is 1. The third kappa shape index (κ3) is 4.80. The van der Waals surface area contributed by atoms with Crippen molar-refractivity contribution in [2.75, 3.05) is 0 Å². The van der Waals surface area contributed by atoms with Gasteiger partial charge in [-0.05, 0) is 66.6 Å². The van der Waals surface area contributed by atoms with E-state index in [1.165, 1.54) is 0 Å². The molecule has 7 aromatic rings. The van der Waals surface area contributed by atoms with Crippen LogP contribution in [0, 0.1) is 6.92 Å². The third-order valence-electron chi connectivity index (χ3n) is 7.64. The standard InChI is InChI=1S/C34H18Cl7NO/c1-16-10-21(36)31(22(37)11-16)29(32-23(38)14-18(35)15-24(32)39)17-12-25(40)33(26(41)13-17)42-27-8-4-2-6-19(27)30-20-7-3-5-9-28(20)43-34(30)42/h2-15,29H,1H3. The summed E-state index contributed by atoms with van der Waals surface area (Å²) in [6.45, 7) is 1.92. The molecule has 0 fully saturated rings. The molecule has 0 saturated heterocycles. The second kappa shape index (κ2) is 11.1. The number of fused-ring (bicyclic) bond motifs is 5. The van der Waals surface area contributed by atoms with Gasteiger partial charge < -0.3 is 4.42 Å². The molecule has 0 aliphatic rings. The quantitative estimate of drug-likeness (QED) is 0.167. The zero-order valence-corrected chi connectivity index (χ0v) is 27.5. The Kier molecular flexibility index (Phi) is 7.55. The van der Waals surface area contributed by atoms with Gasteiger partial charge in [-0.3, -0.25) is 4.57 Å². The van der Waals surface area contributed by atoms with E-state index < -0.39 is 5.92 Å². The van der Waals surface area contributed by atoms with Crippen LogP contribution in [0.1, 0.15) is 28.2 Å². The van der Waals surface area contributed by atoms with E-state index >= 15 is 0 Å². The Morgan fingerprint density at radius 3 is 1.77 bits per heavy atom. The molecular formula is C34H18Cl7NO. The highest BCUT2D eigenvalue weighted by atomic mass is 35.5. The van der Waals surface area contributed by atoms with E-state index in [0.29, 0.717) is 63.2 Å². The molecule has 1 unspecified atom stereocenters. The van der Waals surface area contributed by atoms with Gasteiger partial charge in [-0.2, -0.15) is 0 Å². The Morgan fingerprint density at radius 2 is 1.14 bits per heavy atom. The van der Waals surface area contributed by atoms with E-state index in [0.717, 1.165) is 32.8 Å². The average molecular weight is 705 g/mol. The van der Waals surface area contributed by atoms with Crippen molar-refractivity contribution in [2.45, 2.75) is 12.8 Å². The molecule has 0 aliphatic carbocycles. The van der Waals surface area contributed by atoms with E-state index in [2.05, 4.69) is 6.07 Å². The van der Waals surface area contributed by atoms with Crippen molar-refractivity contribution in [1.29, 1.82) is 0 Å². The SMILES string of the molecule is Cc1cc(Cl)c(C(c2cc(Cl)c(-n3c4ccccc4c4c5ccccc5oc43)c(Cl)c2)c2c(Cl)cc(Cl)cc2Cl)c(Cl)c1. The molecule has 0 bridgehead atoms. The lowest BCUT2D eigenvalue weighted by Gasteiger charge is -2.25. The zero-order valence-electron chi connectivity index (χ0n) is 22.2. The van der Waals surface area contributed by atoms with Crippen LogP contribution < -0.4 is 0 Å². The van der Waals surface area contributed by atoms with Gasteiger partial charge in [0, 0.05) is 52.9 Å². The summed E-state index contributed by atoms with van der Waals surface area (Å²) < 4.78 is 8.36. The molecule has 0 radical (unpaired) electrons. The predicted molar refractivity (Wildman–Crippen MR) is 184 cm³/mol. The van der Waals surface area contributed by atoms with Crippen LogP contribution in [0.15, 0.2) is 89.3 Å². The molecule has 0 spiro atoms. The molecule has 0 N–H and O–H groups in total. The lowest BCUT2D eigenvalue weighted by atomic mass is 9.84. The Labute approximate surface area is 282 Å². The van der Waals surface area contributed by atoms with E-state index in [1.54, 1.807) is 12.1 Å². The van der Waals surface area contributed by atoms with Crippen molar-refractivity contribution in [1.82, 2.24) is 4.57 Å². The summed E-state index contributed by atoms with van der Waals surface area (Å²) >= 11 is 47.9. The number of halogens is 7. The minimum Gasteiger partial charge on any atom is -0.439 e. The molecule has 2 nitrogen and oxygen atoms in total. The first-order valence-electron chi connectivity index (χ1n) is 13.1. The summed E-state index contributed by atoms with van der Waals surface area (Å²) in [6, 6.07) is 26.6. The largest absolute Gasteiger partial charge is 0.439 e. The lowest BCUT2D eigenvalue weighted by molar-refractivity contribution is 0.645. The number of aromatic nitrogens is 1. The molecule has 214 valence electrons. The summed E-state index contributed by atoms with van der Waals surface area (Å²) in [6.07, 6.45) is 0. The van der Waals surface area contributed by atoms with E-state index in [1.807, 2.05) is 78.2 Å². The topological polar surface area (TPSA) is 18.1 Å². The number of furan rings is 1. The fourth-order valence-electron chi connectivity index (χ4n) is 5.92. The highest BCUT2D eigenvalue weighted by molar-refractivity contribution is 6.41. The summed E-state index contributed by atoms with van der Waals surface area (Å²) in [4.78, 5) is 0. The Hall–Kier alpha value is -2.53. The Balaban J connectivity index is 1.52. The molecule has 0 aliphatic heterocycles.